The lowest BCUT2D eigenvalue weighted by atomic mass is 9.75. The third kappa shape index (κ3) is 3.31. The third-order valence-corrected chi connectivity index (χ3v) is 5.33. The summed E-state index contributed by atoms with van der Waals surface area (Å²) in [5, 5.41) is 3.15. The predicted octanol–water partition coefficient (Wildman–Crippen LogP) is 2.15. The van der Waals surface area contributed by atoms with Crippen molar-refractivity contribution in [2.45, 2.75) is 64.0 Å². The maximum atomic E-state index is 12.4. The van der Waals surface area contributed by atoms with Gasteiger partial charge < -0.3 is 15.8 Å². The minimum Gasteiger partial charge on any atom is -0.391 e. The third-order valence-electron chi connectivity index (χ3n) is 4.94. The van der Waals surface area contributed by atoms with Crippen LogP contribution < -0.4 is 11.1 Å². The summed E-state index contributed by atoms with van der Waals surface area (Å²) in [6, 6.07) is 0. The van der Waals surface area contributed by atoms with E-state index in [1.807, 2.05) is 6.92 Å². The van der Waals surface area contributed by atoms with Gasteiger partial charge in [-0.15, -0.1) is 0 Å². The van der Waals surface area contributed by atoms with Crippen molar-refractivity contribution in [2.24, 2.45) is 17.6 Å². The smallest absolute Gasteiger partial charge is 0.226 e. The normalized spacial score (nSPS) is 37.6. The van der Waals surface area contributed by atoms with Crippen molar-refractivity contribution in [1.82, 2.24) is 5.32 Å². The lowest BCUT2D eigenvalue weighted by molar-refractivity contribution is -0.126. The second kappa shape index (κ2) is 6.39. The van der Waals surface area contributed by atoms with Gasteiger partial charge in [0.1, 0.15) is 0 Å². The molecule has 2 rings (SSSR count). The highest BCUT2D eigenvalue weighted by Crippen LogP contribution is 2.34. The van der Waals surface area contributed by atoms with E-state index in [0.717, 1.165) is 38.0 Å². The molecule has 2 unspecified atom stereocenters. The Balaban J connectivity index is 1.99. The molecule has 0 aromatic heterocycles. The monoisotopic (exact) mass is 298 g/mol. The fourth-order valence-corrected chi connectivity index (χ4v) is 3.60. The van der Waals surface area contributed by atoms with Crippen LogP contribution in [0.1, 0.15) is 52.4 Å². The predicted molar refractivity (Wildman–Crippen MR) is 83.4 cm³/mol. The van der Waals surface area contributed by atoms with Crippen molar-refractivity contribution in [2.75, 3.05) is 6.61 Å². The lowest BCUT2D eigenvalue weighted by Gasteiger charge is -2.40. The first-order chi connectivity index (χ1) is 9.47. The molecule has 0 bridgehead atoms. The summed E-state index contributed by atoms with van der Waals surface area (Å²) >= 11 is 5.25. The number of ether oxygens (including phenoxy) is 1. The van der Waals surface area contributed by atoms with Crippen LogP contribution >= 0.6 is 12.2 Å². The molecule has 20 heavy (non-hydrogen) atoms. The van der Waals surface area contributed by atoms with E-state index in [1.54, 1.807) is 0 Å². The molecule has 0 radical (unpaired) electrons. The molecule has 0 aromatic rings. The number of hydrogen-bond acceptors (Lipinski definition) is 3. The van der Waals surface area contributed by atoms with Crippen molar-refractivity contribution in [3.05, 3.63) is 0 Å². The Bertz CT molecular complexity index is 378. The standard InChI is InChI=1S/C15H26N2O2S/c1-3-11-4-6-15(7-5-11,14(16)20)17-13(18)12-8-10(2)19-9-12/h10-12H,3-9H2,1-2H3,(H2,16,20)(H,17,18). The van der Waals surface area contributed by atoms with E-state index in [1.165, 1.54) is 6.42 Å². The molecule has 1 saturated heterocycles. The molecular formula is C15H26N2O2S. The van der Waals surface area contributed by atoms with E-state index >= 15 is 0 Å². The number of amides is 1. The number of rotatable bonds is 4. The molecule has 2 atom stereocenters. The highest BCUT2D eigenvalue weighted by atomic mass is 32.1. The second-order valence-corrected chi connectivity index (χ2v) is 6.80. The Morgan fingerprint density at radius 1 is 1.45 bits per heavy atom. The van der Waals surface area contributed by atoms with Gasteiger partial charge in [0.05, 0.1) is 29.2 Å². The molecule has 2 fully saturated rings. The fraction of sp³-hybridized carbons (Fsp3) is 0.867. The Hall–Kier alpha value is -0.680. The SMILES string of the molecule is CCC1CCC(NC(=O)C2COC(C)C2)(C(N)=S)CC1. The molecule has 1 amide bonds. The number of carbonyl (C=O) groups excluding carboxylic acids is 1. The topological polar surface area (TPSA) is 64.3 Å². The highest BCUT2D eigenvalue weighted by Gasteiger charge is 2.41. The fourth-order valence-electron chi connectivity index (χ4n) is 3.35. The summed E-state index contributed by atoms with van der Waals surface area (Å²) in [7, 11) is 0. The van der Waals surface area contributed by atoms with Gasteiger partial charge in [-0.3, -0.25) is 4.79 Å². The average Bonchev–Trinajstić information content (AvgIpc) is 2.86. The van der Waals surface area contributed by atoms with E-state index in [0.29, 0.717) is 11.6 Å². The molecule has 4 nitrogen and oxygen atoms in total. The zero-order chi connectivity index (χ0) is 14.8. The largest absolute Gasteiger partial charge is 0.391 e. The highest BCUT2D eigenvalue weighted by molar-refractivity contribution is 7.80. The first kappa shape index (κ1) is 15.7. The maximum absolute atomic E-state index is 12.4. The summed E-state index contributed by atoms with van der Waals surface area (Å²) in [6.45, 7) is 4.73. The number of thiocarbonyl (C=S) groups is 1. The number of nitrogens with one attached hydrogen (secondary N) is 1. The van der Waals surface area contributed by atoms with Crippen molar-refractivity contribution < 1.29 is 9.53 Å². The number of carbonyl (C=O) groups is 1. The number of nitrogens with two attached hydrogens (primary N) is 1. The zero-order valence-electron chi connectivity index (χ0n) is 12.5. The average molecular weight is 298 g/mol. The van der Waals surface area contributed by atoms with Gasteiger partial charge in [-0.05, 0) is 44.9 Å². The van der Waals surface area contributed by atoms with Crippen molar-refractivity contribution in [3.63, 3.8) is 0 Å². The number of hydrogen-bond donors (Lipinski definition) is 2. The van der Waals surface area contributed by atoms with Gasteiger partial charge in [-0.1, -0.05) is 25.6 Å². The van der Waals surface area contributed by atoms with E-state index < -0.39 is 5.54 Å². The minimum absolute atomic E-state index is 0.0529. The van der Waals surface area contributed by atoms with Gasteiger partial charge in [-0.25, -0.2) is 0 Å². The summed E-state index contributed by atoms with van der Waals surface area (Å²) < 4.78 is 5.48. The van der Waals surface area contributed by atoms with E-state index in [-0.39, 0.29) is 17.9 Å². The molecule has 1 aliphatic carbocycles. The quantitative estimate of drug-likeness (QED) is 0.781. The van der Waals surface area contributed by atoms with E-state index in [9.17, 15) is 4.79 Å². The van der Waals surface area contributed by atoms with Gasteiger partial charge in [-0.2, -0.15) is 0 Å². The summed E-state index contributed by atoms with van der Waals surface area (Å²) in [5.74, 6) is 0.737. The molecule has 2 aliphatic rings. The molecule has 3 N–H and O–H groups in total. The van der Waals surface area contributed by atoms with E-state index in [2.05, 4.69) is 12.2 Å². The van der Waals surface area contributed by atoms with Crippen LogP contribution in [-0.2, 0) is 9.53 Å². The van der Waals surface area contributed by atoms with Crippen molar-refractivity contribution >= 4 is 23.1 Å². The Morgan fingerprint density at radius 3 is 2.55 bits per heavy atom. The van der Waals surface area contributed by atoms with Gasteiger partial charge in [0, 0.05) is 0 Å². The van der Waals surface area contributed by atoms with Gasteiger partial charge in [0.15, 0.2) is 0 Å². The molecule has 0 aromatic carbocycles. The van der Waals surface area contributed by atoms with Crippen LogP contribution in [0.4, 0.5) is 0 Å². The summed E-state index contributed by atoms with van der Waals surface area (Å²) in [4.78, 5) is 12.9. The van der Waals surface area contributed by atoms with Crippen LogP contribution in [0.2, 0.25) is 0 Å². The molecule has 1 heterocycles. The van der Waals surface area contributed by atoms with Crippen LogP contribution in [-0.4, -0.2) is 29.1 Å². The van der Waals surface area contributed by atoms with Crippen molar-refractivity contribution in [3.8, 4) is 0 Å². The lowest BCUT2D eigenvalue weighted by Crippen LogP contribution is -2.59. The minimum atomic E-state index is -0.468. The maximum Gasteiger partial charge on any atom is 0.226 e. The molecule has 0 spiro atoms. The van der Waals surface area contributed by atoms with E-state index in [4.69, 9.17) is 22.7 Å². The Morgan fingerprint density at radius 2 is 2.10 bits per heavy atom. The Kier molecular flexibility index (Phi) is 5.02. The van der Waals surface area contributed by atoms with Crippen LogP contribution in [0.25, 0.3) is 0 Å². The van der Waals surface area contributed by atoms with Gasteiger partial charge in [0.25, 0.3) is 0 Å². The zero-order valence-corrected chi connectivity index (χ0v) is 13.3. The van der Waals surface area contributed by atoms with Gasteiger partial charge in [0.2, 0.25) is 5.91 Å². The molecule has 1 aliphatic heterocycles. The Labute approximate surface area is 126 Å². The first-order valence-electron chi connectivity index (χ1n) is 7.70. The van der Waals surface area contributed by atoms with Crippen LogP contribution in [0.15, 0.2) is 0 Å². The van der Waals surface area contributed by atoms with Crippen LogP contribution in [0.3, 0.4) is 0 Å². The molecule has 1 saturated carbocycles. The molecule has 5 heteroatoms. The molecular weight excluding hydrogens is 272 g/mol. The first-order valence-corrected chi connectivity index (χ1v) is 8.11. The van der Waals surface area contributed by atoms with Crippen LogP contribution in [0.5, 0.6) is 0 Å². The van der Waals surface area contributed by atoms with Crippen molar-refractivity contribution in [1.29, 1.82) is 0 Å². The molecule has 114 valence electrons. The van der Waals surface area contributed by atoms with Crippen LogP contribution in [0, 0.1) is 11.8 Å². The second-order valence-electron chi connectivity index (χ2n) is 6.36. The van der Waals surface area contributed by atoms with Gasteiger partial charge >= 0.3 is 0 Å². The summed E-state index contributed by atoms with van der Waals surface area (Å²) in [5.41, 5.74) is 5.48. The summed E-state index contributed by atoms with van der Waals surface area (Å²) in [6.07, 6.45) is 6.07.